The van der Waals surface area contributed by atoms with Crippen molar-refractivity contribution >= 4 is 15.9 Å². The molecule has 0 bridgehead atoms. The summed E-state index contributed by atoms with van der Waals surface area (Å²) in [6.45, 7) is 1.69. The topological polar surface area (TPSA) is 84.5 Å². The van der Waals surface area contributed by atoms with Gasteiger partial charge in [0.05, 0.1) is 4.90 Å². The fourth-order valence-electron chi connectivity index (χ4n) is 2.64. The molecule has 0 aliphatic heterocycles. The molecule has 6 nitrogen and oxygen atoms in total. The van der Waals surface area contributed by atoms with E-state index in [4.69, 9.17) is 4.74 Å². The van der Waals surface area contributed by atoms with Crippen molar-refractivity contribution in [2.75, 3.05) is 7.05 Å². The second-order valence-electron chi connectivity index (χ2n) is 5.78. The Hall–Kier alpha value is -1.60. The predicted octanol–water partition coefficient (Wildman–Crippen LogP) is 1.81. The molecule has 1 aromatic carbocycles. The normalized spacial score (nSPS) is 17.5. The van der Waals surface area contributed by atoms with Crippen molar-refractivity contribution in [3.8, 4) is 5.75 Å². The van der Waals surface area contributed by atoms with Crippen molar-refractivity contribution in [3.05, 3.63) is 24.3 Å². The van der Waals surface area contributed by atoms with Crippen LogP contribution in [0.15, 0.2) is 29.2 Å². The summed E-state index contributed by atoms with van der Waals surface area (Å²) in [5, 5.41) is 3.01. The molecule has 128 valence electrons. The van der Waals surface area contributed by atoms with Gasteiger partial charge in [-0.2, -0.15) is 0 Å². The Bertz CT molecular complexity index is 622. The minimum atomic E-state index is -3.46. The first-order chi connectivity index (χ1) is 10.9. The van der Waals surface area contributed by atoms with E-state index < -0.39 is 16.1 Å². The molecule has 0 unspecified atom stereocenters. The smallest absolute Gasteiger partial charge is 0.260 e. The molecule has 0 heterocycles. The van der Waals surface area contributed by atoms with Crippen LogP contribution in [0.25, 0.3) is 0 Å². The van der Waals surface area contributed by atoms with Gasteiger partial charge in [0.15, 0.2) is 6.10 Å². The zero-order chi connectivity index (χ0) is 16.9. The van der Waals surface area contributed by atoms with E-state index in [1.807, 2.05) is 0 Å². The van der Waals surface area contributed by atoms with Gasteiger partial charge in [-0.1, -0.05) is 19.3 Å². The third-order valence-corrected chi connectivity index (χ3v) is 5.47. The second kappa shape index (κ2) is 7.79. The van der Waals surface area contributed by atoms with Crippen LogP contribution in [0.5, 0.6) is 5.75 Å². The predicted molar refractivity (Wildman–Crippen MR) is 87.8 cm³/mol. The standard InChI is InChI=1S/C16H24N2O4S/c1-12(16(19)18-13-6-4-3-5-7-13)22-14-8-10-15(11-9-14)23(20,21)17-2/h8-13,17H,3-7H2,1-2H3,(H,18,19)/t12-/m0/s1. The monoisotopic (exact) mass is 340 g/mol. The minimum absolute atomic E-state index is 0.135. The highest BCUT2D eigenvalue weighted by molar-refractivity contribution is 7.89. The highest BCUT2D eigenvalue weighted by Gasteiger charge is 2.21. The lowest BCUT2D eigenvalue weighted by molar-refractivity contribution is -0.128. The van der Waals surface area contributed by atoms with Gasteiger partial charge in [-0.05, 0) is 51.1 Å². The lowest BCUT2D eigenvalue weighted by Crippen LogP contribution is -2.43. The van der Waals surface area contributed by atoms with Gasteiger partial charge in [-0.25, -0.2) is 13.1 Å². The van der Waals surface area contributed by atoms with E-state index in [9.17, 15) is 13.2 Å². The average molecular weight is 340 g/mol. The molecule has 2 rings (SSSR count). The lowest BCUT2D eigenvalue weighted by atomic mass is 9.95. The Balaban J connectivity index is 1.91. The first-order valence-electron chi connectivity index (χ1n) is 7.93. The van der Waals surface area contributed by atoms with Gasteiger partial charge in [0.25, 0.3) is 5.91 Å². The third-order valence-electron chi connectivity index (χ3n) is 4.04. The molecule has 1 aliphatic carbocycles. The van der Waals surface area contributed by atoms with Crippen LogP contribution in [0.3, 0.4) is 0 Å². The number of sulfonamides is 1. The Kier molecular flexibility index (Phi) is 6.01. The molecule has 1 saturated carbocycles. The van der Waals surface area contributed by atoms with E-state index in [1.165, 1.54) is 25.6 Å². The number of carbonyl (C=O) groups excluding carboxylic acids is 1. The van der Waals surface area contributed by atoms with Gasteiger partial charge in [-0.15, -0.1) is 0 Å². The van der Waals surface area contributed by atoms with E-state index in [0.29, 0.717) is 5.75 Å². The molecule has 1 atom stereocenters. The number of rotatable bonds is 6. The quantitative estimate of drug-likeness (QED) is 0.827. The van der Waals surface area contributed by atoms with Crippen molar-refractivity contribution in [2.45, 2.75) is 56.1 Å². The van der Waals surface area contributed by atoms with Gasteiger partial charge < -0.3 is 10.1 Å². The van der Waals surface area contributed by atoms with Crippen LogP contribution >= 0.6 is 0 Å². The Labute approximate surface area is 137 Å². The van der Waals surface area contributed by atoms with Crippen molar-refractivity contribution < 1.29 is 17.9 Å². The SMILES string of the molecule is CNS(=O)(=O)c1ccc(O[C@@H](C)C(=O)NC2CCCCC2)cc1. The van der Waals surface area contributed by atoms with Crippen LogP contribution in [-0.4, -0.2) is 33.5 Å². The van der Waals surface area contributed by atoms with Crippen LogP contribution in [0.2, 0.25) is 0 Å². The molecule has 1 fully saturated rings. The fourth-order valence-corrected chi connectivity index (χ4v) is 3.37. The molecule has 7 heteroatoms. The zero-order valence-electron chi connectivity index (χ0n) is 13.5. The summed E-state index contributed by atoms with van der Waals surface area (Å²) in [5.41, 5.74) is 0. The van der Waals surface area contributed by atoms with Crippen LogP contribution in [0.4, 0.5) is 0 Å². The second-order valence-corrected chi connectivity index (χ2v) is 7.67. The molecular weight excluding hydrogens is 316 g/mol. The van der Waals surface area contributed by atoms with E-state index in [-0.39, 0.29) is 16.8 Å². The summed E-state index contributed by atoms with van der Waals surface area (Å²) in [6, 6.07) is 6.24. The molecule has 1 amide bonds. The molecule has 0 spiro atoms. The van der Waals surface area contributed by atoms with E-state index in [0.717, 1.165) is 25.7 Å². The molecule has 1 aliphatic rings. The maximum Gasteiger partial charge on any atom is 0.260 e. The largest absolute Gasteiger partial charge is 0.481 e. The first-order valence-corrected chi connectivity index (χ1v) is 9.41. The summed E-state index contributed by atoms with van der Waals surface area (Å²) >= 11 is 0. The molecule has 2 N–H and O–H groups in total. The summed E-state index contributed by atoms with van der Waals surface area (Å²) in [5.74, 6) is 0.329. The maximum atomic E-state index is 12.1. The van der Waals surface area contributed by atoms with Crippen molar-refractivity contribution in [1.29, 1.82) is 0 Å². The number of carbonyl (C=O) groups is 1. The van der Waals surface area contributed by atoms with Gasteiger partial charge in [-0.3, -0.25) is 4.79 Å². The van der Waals surface area contributed by atoms with Crippen LogP contribution in [0.1, 0.15) is 39.0 Å². The molecule has 23 heavy (non-hydrogen) atoms. The number of ether oxygens (including phenoxy) is 1. The summed E-state index contributed by atoms with van der Waals surface area (Å²) in [4.78, 5) is 12.3. The molecular formula is C16H24N2O4S. The Morgan fingerprint density at radius 1 is 1.17 bits per heavy atom. The third kappa shape index (κ3) is 4.94. The highest BCUT2D eigenvalue weighted by atomic mass is 32.2. The fraction of sp³-hybridized carbons (Fsp3) is 0.562. The molecule has 0 radical (unpaired) electrons. The Morgan fingerprint density at radius 3 is 2.35 bits per heavy atom. The number of benzene rings is 1. The van der Waals surface area contributed by atoms with Gasteiger partial charge >= 0.3 is 0 Å². The van der Waals surface area contributed by atoms with E-state index >= 15 is 0 Å². The molecule has 0 saturated heterocycles. The van der Waals surface area contributed by atoms with Crippen molar-refractivity contribution in [2.24, 2.45) is 0 Å². The number of hydrogen-bond acceptors (Lipinski definition) is 4. The molecule has 1 aromatic rings. The maximum absolute atomic E-state index is 12.1. The number of amides is 1. The van der Waals surface area contributed by atoms with Crippen LogP contribution < -0.4 is 14.8 Å². The minimum Gasteiger partial charge on any atom is -0.481 e. The lowest BCUT2D eigenvalue weighted by Gasteiger charge is -2.24. The van der Waals surface area contributed by atoms with E-state index in [2.05, 4.69) is 10.0 Å². The summed E-state index contributed by atoms with van der Waals surface area (Å²) in [7, 11) is -2.11. The molecule has 0 aromatic heterocycles. The van der Waals surface area contributed by atoms with Crippen LogP contribution in [0, 0.1) is 0 Å². The van der Waals surface area contributed by atoms with Crippen LogP contribution in [-0.2, 0) is 14.8 Å². The van der Waals surface area contributed by atoms with Gasteiger partial charge in [0, 0.05) is 6.04 Å². The summed E-state index contributed by atoms with van der Waals surface area (Å²) < 4.78 is 31.1. The zero-order valence-corrected chi connectivity index (χ0v) is 14.4. The average Bonchev–Trinajstić information content (AvgIpc) is 2.56. The Morgan fingerprint density at radius 2 is 1.78 bits per heavy atom. The van der Waals surface area contributed by atoms with Gasteiger partial charge in [0.1, 0.15) is 5.75 Å². The number of nitrogens with one attached hydrogen (secondary N) is 2. The summed E-state index contributed by atoms with van der Waals surface area (Å²) in [6.07, 6.45) is 4.97. The van der Waals surface area contributed by atoms with Crippen molar-refractivity contribution in [3.63, 3.8) is 0 Å². The first kappa shape index (κ1) is 17.7. The highest BCUT2D eigenvalue weighted by Crippen LogP contribution is 2.19. The van der Waals surface area contributed by atoms with E-state index in [1.54, 1.807) is 19.1 Å². The van der Waals surface area contributed by atoms with Crippen molar-refractivity contribution in [1.82, 2.24) is 10.0 Å². The number of hydrogen-bond donors (Lipinski definition) is 2. The van der Waals surface area contributed by atoms with Gasteiger partial charge in [0.2, 0.25) is 10.0 Å².